The average molecular weight is 450 g/mol. The van der Waals surface area contributed by atoms with Crippen LogP contribution in [0.25, 0.3) is 0 Å². The SMILES string of the molecule is CC(=O)Oc1cc(Oc2ccccc2)c(NC(=O)CCl)c2c1C(=O)c1ccccc1C2=O. The van der Waals surface area contributed by atoms with Gasteiger partial charge in [0.2, 0.25) is 5.91 Å². The fraction of sp³-hybridized carbons (Fsp3) is 0.0833. The maximum absolute atomic E-state index is 13.5. The Morgan fingerprint density at radius 1 is 0.875 bits per heavy atom. The number of rotatable bonds is 5. The number of hydrogen-bond donors (Lipinski definition) is 1. The summed E-state index contributed by atoms with van der Waals surface area (Å²) >= 11 is 5.67. The van der Waals surface area contributed by atoms with E-state index in [-0.39, 0.29) is 45.3 Å². The predicted octanol–water partition coefficient (Wildman–Crippen LogP) is 4.36. The molecule has 0 saturated carbocycles. The van der Waals surface area contributed by atoms with Gasteiger partial charge >= 0.3 is 5.97 Å². The van der Waals surface area contributed by atoms with Crippen molar-refractivity contribution in [1.29, 1.82) is 0 Å². The summed E-state index contributed by atoms with van der Waals surface area (Å²) in [6, 6.07) is 16.2. The van der Waals surface area contributed by atoms with Crippen molar-refractivity contribution in [3.63, 3.8) is 0 Å². The summed E-state index contributed by atoms with van der Waals surface area (Å²) in [5.41, 5.74) is 0.0473. The fourth-order valence-electron chi connectivity index (χ4n) is 3.46. The predicted molar refractivity (Wildman–Crippen MR) is 117 cm³/mol. The Balaban J connectivity index is 2.01. The summed E-state index contributed by atoms with van der Waals surface area (Å²) in [6.45, 7) is 1.18. The van der Waals surface area contributed by atoms with E-state index in [1.807, 2.05) is 0 Å². The fourth-order valence-corrected chi connectivity index (χ4v) is 3.53. The third-order valence-corrected chi connectivity index (χ3v) is 4.98. The molecule has 1 aliphatic carbocycles. The second-order valence-corrected chi connectivity index (χ2v) is 7.16. The topological polar surface area (TPSA) is 98.8 Å². The molecule has 0 aliphatic heterocycles. The summed E-state index contributed by atoms with van der Waals surface area (Å²) in [6.07, 6.45) is 0. The molecule has 4 rings (SSSR count). The van der Waals surface area contributed by atoms with Gasteiger partial charge in [0.1, 0.15) is 17.4 Å². The molecule has 1 amide bonds. The first-order chi connectivity index (χ1) is 15.4. The van der Waals surface area contributed by atoms with Crippen molar-refractivity contribution in [3.8, 4) is 17.2 Å². The standard InChI is InChI=1S/C24H16ClNO6/c1-13(27)31-17-11-18(32-14-7-3-2-4-8-14)22(26-19(28)12-25)21-20(17)23(29)15-9-5-6-10-16(15)24(21)30/h2-11H,12H2,1H3,(H,26,28). The first kappa shape index (κ1) is 21.3. The summed E-state index contributed by atoms with van der Waals surface area (Å²) in [5.74, 6) is -2.44. The first-order valence-electron chi connectivity index (χ1n) is 9.57. The molecule has 32 heavy (non-hydrogen) atoms. The van der Waals surface area contributed by atoms with Crippen molar-refractivity contribution in [2.24, 2.45) is 0 Å². The van der Waals surface area contributed by atoms with Gasteiger partial charge in [-0.3, -0.25) is 19.2 Å². The molecule has 7 nitrogen and oxygen atoms in total. The van der Waals surface area contributed by atoms with Crippen molar-refractivity contribution >= 4 is 40.7 Å². The monoisotopic (exact) mass is 449 g/mol. The molecule has 0 saturated heterocycles. The van der Waals surface area contributed by atoms with Crippen molar-refractivity contribution in [2.45, 2.75) is 6.92 Å². The maximum Gasteiger partial charge on any atom is 0.308 e. The molecule has 1 aliphatic rings. The number of para-hydroxylation sites is 1. The molecule has 0 spiro atoms. The molecule has 3 aromatic carbocycles. The lowest BCUT2D eigenvalue weighted by Crippen LogP contribution is -2.26. The molecular formula is C24H16ClNO6. The summed E-state index contributed by atoms with van der Waals surface area (Å²) in [7, 11) is 0. The zero-order valence-corrected chi connectivity index (χ0v) is 17.6. The molecule has 8 heteroatoms. The van der Waals surface area contributed by atoms with Crippen LogP contribution in [-0.2, 0) is 9.59 Å². The number of halogens is 1. The summed E-state index contributed by atoms with van der Waals surface area (Å²) in [5, 5.41) is 2.56. The van der Waals surface area contributed by atoms with Gasteiger partial charge in [-0.25, -0.2) is 0 Å². The second-order valence-electron chi connectivity index (χ2n) is 6.89. The number of carbonyl (C=O) groups excluding carboxylic acids is 4. The van der Waals surface area contributed by atoms with E-state index in [9.17, 15) is 19.2 Å². The molecule has 0 aromatic heterocycles. The van der Waals surface area contributed by atoms with Gasteiger partial charge in [0.25, 0.3) is 0 Å². The number of alkyl halides is 1. The zero-order chi connectivity index (χ0) is 22.8. The number of ether oxygens (including phenoxy) is 2. The Bertz CT molecular complexity index is 1270. The van der Waals surface area contributed by atoms with Crippen LogP contribution in [0.3, 0.4) is 0 Å². The minimum atomic E-state index is -0.686. The van der Waals surface area contributed by atoms with Crippen molar-refractivity contribution in [3.05, 3.63) is 82.9 Å². The van der Waals surface area contributed by atoms with Crippen molar-refractivity contribution < 1.29 is 28.7 Å². The van der Waals surface area contributed by atoms with Crippen LogP contribution >= 0.6 is 11.6 Å². The van der Waals surface area contributed by atoms with Gasteiger partial charge in [-0.05, 0) is 12.1 Å². The van der Waals surface area contributed by atoms with Gasteiger partial charge in [-0.15, -0.1) is 11.6 Å². The lowest BCUT2D eigenvalue weighted by atomic mass is 9.82. The van der Waals surface area contributed by atoms with Gasteiger partial charge in [0.05, 0.1) is 16.8 Å². The molecule has 160 valence electrons. The van der Waals surface area contributed by atoms with Gasteiger partial charge in [-0.2, -0.15) is 0 Å². The van der Waals surface area contributed by atoms with Gasteiger partial charge in [0.15, 0.2) is 17.3 Å². The highest BCUT2D eigenvalue weighted by Gasteiger charge is 2.37. The molecule has 0 atom stereocenters. The highest BCUT2D eigenvalue weighted by molar-refractivity contribution is 6.33. The van der Waals surface area contributed by atoms with E-state index < -0.39 is 23.4 Å². The second kappa shape index (κ2) is 8.64. The molecule has 0 bridgehead atoms. The third kappa shape index (κ3) is 3.86. The minimum absolute atomic E-state index is 0.0187. The molecular weight excluding hydrogens is 434 g/mol. The van der Waals surface area contributed by atoms with Crippen LogP contribution in [0.1, 0.15) is 38.8 Å². The Kier molecular flexibility index (Phi) is 5.75. The van der Waals surface area contributed by atoms with Crippen LogP contribution in [0, 0.1) is 0 Å². The van der Waals surface area contributed by atoms with E-state index in [1.165, 1.54) is 25.1 Å². The van der Waals surface area contributed by atoms with Gasteiger partial charge < -0.3 is 14.8 Å². The number of fused-ring (bicyclic) bond motifs is 2. The van der Waals surface area contributed by atoms with Crippen molar-refractivity contribution in [1.82, 2.24) is 0 Å². The van der Waals surface area contributed by atoms with Gasteiger partial charge in [-0.1, -0.05) is 42.5 Å². The molecule has 0 fully saturated rings. The molecule has 0 unspecified atom stereocenters. The smallest absolute Gasteiger partial charge is 0.308 e. The van der Waals surface area contributed by atoms with E-state index in [1.54, 1.807) is 42.5 Å². The largest absolute Gasteiger partial charge is 0.455 e. The number of ketones is 2. The summed E-state index contributed by atoms with van der Waals surface area (Å²) < 4.78 is 11.2. The molecule has 3 aromatic rings. The lowest BCUT2D eigenvalue weighted by Gasteiger charge is -2.24. The quantitative estimate of drug-likeness (QED) is 0.276. The van der Waals surface area contributed by atoms with E-state index in [4.69, 9.17) is 21.1 Å². The van der Waals surface area contributed by atoms with Crippen molar-refractivity contribution in [2.75, 3.05) is 11.2 Å². The number of anilines is 1. The minimum Gasteiger partial charge on any atom is -0.455 e. The van der Waals surface area contributed by atoms with E-state index in [0.717, 1.165) is 0 Å². The Morgan fingerprint density at radius 2 is 1.47 bits per heavy atom. The van der Waals surface area contributed by atoms with E-state index in [0.29, 0.717) is 5.75 Å². The number of nitrogens with one attached hydrogen (secondary N) is 1. The number of benzene rings is 3. The Hall–Kier alpha value is -3.97. The Morgan fingerprint density at radius 3 is 2.06 bits per heavy atom. The zero-order valence-electron chi connectivity index (χ0n) is 16.8. The van der Waals surface area contributed by atoms with Crippen LogP contribution in [0.4, 0.5) is 5.69 Å². The number of amides is 1. The highest BCUT2D eigenvalue weighted by atomic mass is 35.5. The molecule has 0 heterocycles. The highest BCUT2D eigenvalue weighted by Crippen LogP contribution is 2.44. The number of esters is 1. The summed E-state index contributed by atoms with van der Waals surface area (Å²) in [4.78, 5) is 50.7. The van der Waals surface area contributed by atoms with Crippen LogP contribution in [0.15, 0.2) is 60.7 Å². The van der Waals surface area contributed by atoms with E-state index in [2.05, 4.69) is 5.32 Å². The first-order valence-corrected chi connectivity index (χ1v) is 10.1. The van der Waals surface area contributed by atoms with Crippen LogP contribution < -0.4 is 14.8 Å². The molecule has 1 N–H and O–H groups in total. The molecule has 0 radical (unpaired) electrons. The maximum atomic E-state index is 13.5. The van der Waals surface area contributed by atoms with Crippen LogP contribution in [0.2, 0.25) is 0 Å². The van der Waals surface area contributed by atoms with Crippen LogP contribution in [-0.4, -0.2) is 29.3 Å². The number of hydrogen-bond acceptors (Lipinski definition) is 6. The van der Waals surface area contributed by atoms with Gasteiger partial charge in [0, 0.05) is 24.1 Å². The average Bonchev–Trinajstić information content (AvgIpc) is 2.79. The number of carbonyl (C=O) groups is 4. The lowest BCUT2D eigenvalue weighted by molar-refractivity contribution is -0.131. The normalized spacial score (nSPS) is 11.9. The van der Waals surface area contributed by atoms with E-state index >= 15 is 0 Å². The Labute approximate surface area is 187 Å². The third-order valence-electron chi connectivity index (χ3n) is 4.74. The van der Waals surface area contributed by atoms with Crippen LogP contribution in [0.5, 0.6) is 17.2 Å².